The van der Waals surface area contributed by atoms with Crippen LogP contribution < -0.4 is 5.32 Å². The molecule has 0 bridgehead atoms. The lowest BCUT2D eigenvalue weighted by Gasteiger charge is -2.27. The topological polar surface area (TPSA) is 29.9 Å². The van der Waals surface area contributed by atoms with E-state index >= 15 is 0 Å². The zero-order valence-corrected chi connectivity index (χ0v) is 12.0. The first-order chi connectivity index (χ1) is 8.68. The highest BCUT2D eigenvalue weighted by Crippen LogP contribution is 2.26. The quantitative estimate of drug-likeness (QED) is 0.829. The van der Waals surface area contributed by atoms with Gasteiger partial charge in [-0.2, -0.15) is 0 Å². The molecule has 0 radical (unpaired) electrons. The minimum absolute atomic E-state index is 0.336. The monoisotopic (exact) mass is 249 g/mol. The molecule has 0 saturated heterocycles. The molecule has 3 nitrogen and oxygen atoms in total. The largest absolute Gasteiger partial charge is 0.337 e. The van der Waals surface area contributed by atoms with Crippen LogP contribution in [0.5, 0.6) is 0 Å². The number of hydrogen-bond acceptors (Lipinski definition) is 2. The first kappa shape index (κ1) is 13.6. The smallest absolute Gasteiger partial charge is 0.125 e. The Bertz CT molecular complexity index is 350. The third-order valence-electron chi connectivity index (χ3n) is 4.37. The maximum Gasteiger partial charge on any atom is 0.125 e. The van der Waals surface area contributed by atoms with E-state index in [9.17, 15) is 0 Å². The summed E-state index contributed by atoms with van der Waals surface area (Å²) in [4.78, 5) is 4.43. The summed E-state index contributed by atoms with van der Waals surface area (Å²) in [6.07, 6.45) is 12.4. The minimum atomic E-state index is 0.336. The molecule has 1 unspecified atom stereocenters. The molecule has 1 aromatic heterocycles. The maximum atomic E-state index is 4.43. The number of aryl methyl sites for hydroxylation is 1. The molecule has 1 heterocycles. The highest BCUT2D eigenvalue weighted by atomic mass is 15.1. The van der Waals surface area contributed by atoms with Gasteiger partial charge in [0.25, 0.3) is 0 Å². The van der Waals surface area contributed by atoms with E-state index in [0.717, 1.165) is 11.7 Å². The second kappa shape index (κ2) is 6.37. The summed E-state index contributed by atoms with van der Waals surface area (Å²) in [6, 6.07) is 0.929. The fourth-order valence-corrected chi connectivity index (χ4v) is 3.21. The van der Waals surface area contributed by atoms with Gasteiger partial charge in [-0.3, -0.25) is 0 Å². The molecule has 1 aliphatic rings. The maximum absolute atomic E-state index is 4.43. The van der Waals surface area contributed by atoms with Crippen LogP contribution in [0.25, 0.3) is 0 Å². The van der Waals surface area contributed by atoms with Gasteiger partial charge in [0.05, 0.1) is 6.04 Å². The van der Waals surface area contributed by atoms with Gasteiger partial charge in [-0.25, -0.2) is 4.98 Å². The Kier molecular flexibility index (Phi) is 4.81. The number of imidazole rings is 1. The molecule has 0 amide bonds. The van der Waals surface area contributed by atoms with Gasteiger partial charge in [-0.15, -0.1) is 0 Å². The van der Waals surface area contributed by atoms with Crippen molar-refractivity contribution in [3.05, 3.63) is 18.2 Å². The van der Waals surface area contributed by atoms with E-state index in [1.807, 2.05) is 12.4 Å². The summed E-state index contributed by atoms with van der Waals surface area (Å²) in [5, 5.41) is 3.74. The van der Waals surface area contributed by atoms with Gasteiger partial charge in [0.1, 0.15) is 5.82 Å². The molecule has 102 valence electrons. The summed E-state index contributed by atoms with van der Waals surface area (Å²) in [5.74, 6) is 1.98. The predicted octanol–water partition coefficient (Wildman–Crippen LogP) is 3.43. The fraction of sp³-hybridized carbons (Fsp3) is 0.800. The second-order valence-electron chi connectivity index (χ2n) is 5.83. The molecule has 0 aliphatic heterocycles. The molecule has 18 heavy (non-hydrogen) atoms. The van der Waals surface area contributed by atoms with Crippen molar-refractivity contribution < 1.29 is 0 Å². The van der Waals surface area contributed by atoms with E-state index in [-0.39, 0.29) is 0 Å². The zero-order valence-electron chi connectivity index (χ0n) is 12.0. The van der Waals surface area contributed by atoms with Crippen LogP contribution in [0.3, 0.4) is 0 Å². The molecule has 1 saturated carbocycles. The number of rotatable bonds is 4. The molecule has 1 N–H and O–H groups in total. The standard InChI is InChI=1S/C15H27N3/c1-12(14-8-6-4-5-7-9-14)17-13(2)15-16-10-11-18(15)3/h10-14,17H,4-9H2,1-3H3/t12-,13?/m1/s1. The van der Waals surface area contributed by atoms with Crippen molar-refractivity contribution in [2.24, 2.45) is 13.0 Å². The highest BCUT2D eigenvalue weighted by Gasteiger charge is 2.21. The third-order valence-corrected chi connectivity index (χ3v) is 4.37. The van der Waals surface area contributed by atoms with Gasteiger partial charge < -0.3 is 9.88 Å². The first-order valence-corrected chi connectivity index (χ1v) is 7.41. The van der Waals surface area contributed by atoms with Crippen LogP contribution >= 0.6 is 0 Å². The van der Waals surface area contributed by atoms with Crippen LogP contribution in [0, 0.1) is 5.92 Å². The average molecular weight is 249 g/mol. The zero-order chi connectivity index (χ0) is 13.0. The van der Waals surface area contributed by atoms with Gasteiger partial charge in [-0.1, -0.05) is 25.7 Å². The Morgan fingerprint density at radius 3 is 2.44 bits per heavy atom. The molecule has 2 atom stereocenters. The van der Waals surface area contributed by atoms with Gasteiger partial charge >= 0.3 is 0 Å². The summed E-state index contributed by atoms with van der Waals surface area (Å²) in [6.45, 7) is 4.56. The van der Waals surface area contributed by atoms with Crippen molar-refractivity contribution in [3.8, 4) is 0 Å². The van der Waals surface area contributed by atoms with Crippen LogP contribution in [-0.4, -0.2) is 15.6 Å². The summed E-state index contributed by atoms with van der Waals surface area (Å²) >= 11 is 0. The molecule has 3 heteroatoms. The van der Waals surface area contributed by atoms with E-state index in [2.05, 4.69) is 35.8 Å². The van der Waals surface area contributed by atoms with E-state index in [1.54, 1.807) is 0 Å². The fourth-order valence-electron chi connectivity index (χ4n) is 3.21. The summed E-state index contributed by atoms with van der Waals surface area (Å²) in [7, 11) is 2.07. The normalized spacial score (nSPS) is 21.5. The Balaban J connectivity index is 1.90. The number of aromatic nitrogens is 2. The molecule has 1 aliphatic carbocycles. The Hall–Kier alpha value is -0.830. The second-order valence-corrected chi connectivity index (χ2v) is 5.83. The average Bonchev–Trinajstić information content (AvgIpc) is 2.63. The van der Waals surface area contributed by atoms with Crippen LogP contribution in [0.2, 0.25) is 0 Å². The number of hydrogen-bond donors (Lipinski definition) is 1. The lowest BCUT2D eigenvalue weighted by Crippen LogP contribution is -2.36. The third kappa shape index (κ3) is 3.35. The molecule has 1 aromatic rings. The summed E-state index contributed by atoms with van der Waals surface area (Å²) < 4.78 is 2.11. The Morgan fingerprint density at radius 1 is 1.22 bits per heavy atom. The first-order valence-electron chi connectivity index (χ1n) is 7.41. The van der Waals surface area contributed by atoms with Crippen LogP contribution in [0.15, 0.2) is 12.4 Å². The van der Waals surface area contributed by atoms with Gasteiger partial charge in [0.15, 0.2) is 0 Å². The van der Waals surface area contributed by atoms with Gasteiger partial charge in [-0.05, 0) is 32.6 Å². The highest BCUT2D eigenvalue weighted by molar-refractivity contribution is 4.98. The number of nitrogens with one attached hydrogen (secondary N) is 1. The van der Waals surface area contributed by atoms with Crippen LogP contribution in [-0.2, 0) is 7.05 Å². The van der Waals surface area contributed by atoms with E-state index in [0.29, 0.717) is 12.1 Å². The Labute approximate surface area is 111 Å². The predicted molar refractivity (Wildman–Crippen MR) is 75.4 cm³/mol. The Morgan fingerprint density at radius 2 is 1.89 bits per heavy atom. The van der Waals surface area contributed by atoms with Crippen LogP contribution in [0.4, 0.5) is 0 Å². The van der Waals surface area contributed by atoms with Crippen molar-refractivity contribution in [2.45, 2.75) is 64.5 Å². The SMILES string of the molecule is CC(N[C@H](C)C1CCCCCC1)c1nccn1C. The van der Waals surface area contributed by atoms with Gasteiger partial charge in [0, 0.05) is 25.5 Å². The van der Waals surface area contributed by atoms with Crippen molar-refractivity contribution in [1.29, 1.82) is 0 Å². The van der Waals surface area contributed by atoms with E-state index < -0.39 is 0 Å². The minimum Gasteiger partial charge on any atom is -0.337 e. The van der Waals surface area contributed by atoms with Crippen molar-refractivity contribution in [2.75, 3.05) is 0 Å². The molecule has 0 spiro atoms. The summed E-state index contributed by atoms with van der Waals surface area (Å²) in [5.41, 5.74) is 0. The molecule has 1 fully saturated rings. The lowest BCUT2D eigenvalue weighted by atomic mass is 9.92. The molecular weight excluding hydrogens is 222 g/mol. The van der Waals surface area contributed by atoms with Crippen LogP contribution in [0.1, 0.15) is 64.2 Å². The van der Waals surface area contributed by atoms with Crippen molar-refractivity contribution >= 4 is 0 Å². The molecular formula is C15H27N3. The van der Waals surface area contributed by atoms with E-state index in [4.69, 9.17) is 0 Å². The van der Waals surface area contributed by atoms with Crippen molar-refractivity contribution in [1.82, 2.24) is 14.9 Å². The number of nitrogens with zero attached hydrogens (tertiary/aromatic N) is 2. The van der Waals surface area contributed by atoms with Gasteiger partial charge in [0.2, 0.25) is 0 Å². The molecule has 2 rings (SSSR count). The van der Waals surface area contributed by atoms with E-state index in [1.165, 1.54) is 38.5 Å². The lowest BCUT2D eigenvalue weighted by molar-refractivity contribution is 0.311. The van der Waals surface area contributed by atoms with Crippen molar-refractivity contribution in [3.63, 3.8) is 0 Å². The molecule has 0 aromatic carbocycles.